The molecule has 0 bridgehead atoms. The standard InChI is InChI=1S/C21H30N2O5S/c1-3-28-21(25)17-8-7-11-22(15-17)20(24)19-14-18(10-9-16(19)2)29(26,27)23-12-5-4-6-13-23/h9-10,14,17H,3-8,11-13,15H2,1-2H3/t17-/m1/s1. The Balaban J connectivity index is 1.82. The maximum Gasteiger partial charge on any atom is 0.310 e. The molecule has 1 atom stereocenters. The summed E-state index contributed by atoms with van der Waals surface area (Å²) in [5.74, 6) is -0.830. The van der Waals surface area contributed by atoms with Gasteiger partial charge in [-0.05, 0) is 57.2 Å². The highest BCUT2D eigenvalue weighted by Crippen LogP contribution is 2.25. The van der Waals surface area contributed by atoms with Gasteiger partial charge >= 0.3 is 5.97 Å². The van der Waals surface area contributed by atoms with Crippen molar-refractivity contribution in [2.75, 3.05) is 32.8 Å². The van der Waals surface area contributed by atoms with Gasteiger partial charge in [-0.2, -0.15) is 4.31 Å². The van der Waals surface area contributed by atoms with Crippen LogP contribution >= 0.6 is 0 Å². The molecular weight excluding hydrogens is 392 g/mol. The number of sulfonamides is 1. The first-order valence-electron chi connectivity index (χ1n) is 10.4. The van der Waals surface area contributed by atoms with E-state index < -0.39 is 10.0 Å². The minimum absolute atomic E-state index is 0.160. The molecule has 7 nitrogen and oxygen atoms in total. The number of nitrogens with zero attached hydrogens (tertiary/aromatic N) is 2. The summed E-state index contributed by atoms with van der Waals surface area (Å²) < 4.78 is 32.6. The summed E-state index contributed by atoms with van der Waals surface area (Å²) >= 11 is 0. The fraction of sp³-hybridized carbons (Fsp3) is 0.619. The second kappa shape index (κ2) is 9.26. The monoisotopic (exact) mass is 422 g/mol. The van der Waals surface area contributed by atoms with E-state index in [1.165, 1.54) is 10.4 Å². The van der Waals surface area contributed by atoms with E-state index >= 15 is 0 Å². The normalized spacial score (nSPS) is 21.0. The minimum atomic E-state index is -3.61. The number of likely N-dealkylation sites (tertiary alicyclic amines) is 1. The fourth-order valence-corrected chi connectivity index (χ4v) is 5.57. The van der Waals surface area contributed by atoms with Crippen LogP contribution in [0, 0.1) is 12.8 Å². The summed E-state index contributed by atoms with van der Waals surface area (Å²) in [6.07, 6.45) is 4.19. The molecule has 1 amide bonds. The molecule has 2 aliphatic heterocycles. The lowest BCUT2D eigenvalue weighted by Crippen LogP contribution is -2.43. The summed E-state index contributed by atoms with van der Waals surface area (Å²) in [7, 11) is -3.61. The molecule has 0 N–H and O–H groups in total. The molecule has 0 aliphatic carbocycles. The molecule has 2 saturated heterocycles. The summed E-state index contributed by atoms with van der Waals surface area (Å²) in [5, 5.41) is 0. The van der Waals surface area contributed by atoms with Crippen LogP contribution in [-0.2, 0) is 19.6 Å². The van der Waals surface area contributed by atoms with E-state index in [4.69, 9.17) is 4.74 Å². The minimum Gasteiger partial charge on any atom is -0.466 e. The molecule has 29 heavy (non-hydrogen) atoms. The Kier molecular flexibility index (Phi) is 6.95. The van der Waals surface area contributed by atoms with Crippen LogP contribution in [0.2, 0.25) is 0 Å². The van der Waals surface area contributed by atoms with E-state index in [0.29, 0.717) is 44.8 Å². The highest BCUT2D eigenvalue weighted by molar-refractivity contribution is 7.89. The summed E-state index contributed by atoms with van der Waals surface area (Å²) in [4.78, 5) is 27.1. The van der Waals surface area contributed by atoms with Crippen LogP contribution in [0.3, 0.4) is 0 Å². The third-order valence-corrected chi connectivity index (χ3v) is 7.62. The number of hydrogen-bond acceptors (Lipinski definition) is 5. The quantitative estimate of drug-likeness (QED) is 0.681. The van der Waals surface area contributed by atoms with Crippen LogP contribution in [0.4, 0.5) is 0 Å². The van der Waals surface area contributed by atoms with Gasteiger partial charge in [-0.25, -0.2) is 8.42 Å². The number of ether oxygens (including phenoxy) is 1. The third-order valence-electron chi connectivity index (χ3n) is 5.72. The van der Waals surface area contributed by atoms with Crippen LogP contribution < -0.4 is 0 Å². The molecule has 1 aromatic carbocycles. The average Bonchev–Trinajstić information content (AvgIpc) is 2.74. The molecule has 0 unspecified atom stereocenters. The lowest BCUT2D eigenvalue weighted by molar-refractivity contribution is -0.149. The summed E-state index contributed by atoms with van der Waals surface area (Å²) in [5.41, 5.74) is 1.11. The molecule has 0 saturated carbocycles. The number of amides is 1. The number of esters is 1. The van der Waals surface area contributed by atoms with Crippen LogP contribution in [-0.4, -0.2) is 62.3 Å². The number of carbonyl (C=O) groups excluding carboxylic acids is 2. The van der Waals surface area contributed by atoms with Crippen molar-refractivity contribution in [1.82, 2.24) is 9.21 Å². The van der Waals surface area contributed by atoms with Gasteiger partial charge in [-0.1, -0.05) is 12.5 Å². The van der Waals surface area contributed by atoms with Crippen LogP contribution in [0.1, 0.15) is 54.9 Å². The first kappa shape index (κ1) is 21.8. The molecule has 8 heteroatoms. The van der Waals surface area contributed by atoms with Gasteiger partial charge in [-0.15, -0.1) is 0 Å². The van der Waals surface area contributed by atoms with Gasteiger partial charge in [0.05, 0.1) is 17.4 Å². The Bertz CT molecular complexity index is 862. The van der Waals surface area contributed by atoms with E-state index in [-0.39, 0.29) is 22.7 Å². The molecule has 0 spiro atoms. The van der Waals surface area contributed by atoms with Gasteiger partial charge in [0.25, 0.3) is 5.91 Å². The molecular formula is C21H30N2O5S. The molecule has 2 aliphatic rings. The highest BCUT2D eigenvalue weighted by atomic mass is 32.2. The zero-order valence-electron chi connectivity index (χ0n) is 17.2. The number of hydrogen-bond donors (Lipinski definition) is 0. The van der Waals surface area contributed by atoms with E-state index in [0.717, 1.165) is 31.2 Å². The number of carbonyl (C=O) groups is 2. The molecule has 0 radical (unpaired) electrons. The van der Waals surface area contributed by atoms with Crippen molar-refractivity contribution in [3.05, 3.63) is 29.3 Å². The average molecular weight is 423 g/mol. The molecule has 2 fully saturated rings. The smallest absolute Gasteiger partial charge is 0.310 e. The van der Waals surface area contributed by atoms with E-state index in [9.17, 15) is 18.0 Å². The van der Waals surface area contributed by atoms with Gasteiger partial charge in [0, 0.05) is 31.7 Å². The van der Waals surface area contributed by atoms with E-state index in [2.05, 4.69) is 0 Å². The van der Waals surface area contributed by atoms with E-state index in [1.807, 2.05) is 0 Å². The van der Waals surface area contributed by atoms with Crippen molar-refractivity contribution in [2.45, 2.75) is 50.8 Å². The van der Waals surface area contributed by atoms with Crippen molar-refractivity contribution in [3.63, 3.8) is 0 Å². The molecule has 0 aromatic heterocycles. The summed E-state index contributed by atoms with van der Waals surface area (Å²) in [6.45, 7) is 5.79. The Morgan fingerprint density at radius 2 is 1.83 bits per heavy atom. The van der Waals surface area contributed by atoms with Crippen molar-refractivity contribution >= 4 is 21.9 Å². The highest BCUT2D eigenvalue weighted by Gasteiger charge is 2.32. The molecule has 160 valence electrons. The van der Waals surface area contributed by atoms with Crippen LogP contribution in [0.5, 0.6) is 0 Å². The lowest BCUT2D eigenvalue weighted by atomic mass is 9.97. The zero-order chi connectivity index (χ0) is 21.0. The van der Waals surface area contributed by atoms with Crippen LogP contribution in [0.25, 0.3) is 0 Å². The van der Waals surface area contributed by atoms with Crippen molar-refractivity contribution in [2.24, 2.45) is 5.92 Å². The first-order chi connectivity index (χ1) is 13.8. The van der Waals surface area contributed by atoms with Gasteiger partial charge in [0.1, 0.15) is 0 Å². The van der Waals surface area contributed by atoms with Gasteiger partial charge in [-0.3, -0.25) is 9.59 Å². The zero-order valence-corrected chi connectivity index (χ0v) is 18.0. The Morgan fingerprint density at radius 3 is 2.52 bits per heavy atom. The Hall–Kier alpha value is -1.93. The van der Waals surface area contributed by atoms with Crippen LogP contribution in [0.15, 0.2) is 23.1 Å². The molecule has 2 heterocycles. The maximum atomic E-state index is 13.2. The van der Waals surface area contributed by atoms with Gasteiger partial charge in [0.15, 0.2) is 0 Å². The number of rotatable bonds is 5. The first-order valence-corrected chi connectivity index (χ1v) is 11.8. The third kappa shape index (κ3) is 4.80. The molecule has 3 rings (SSSR count). The maximum absolute atomic E-state index is 13.2. The lowest BCUT2D eigenvalue weighted by Gasteiger charge is -2.32. The number of aryl methyl sites for hydroxylation is 1. The fourth-order valence-electron chi connectivity index (χ4n) is 4.03. The van der Waals surface area contributed by atoms with Crippen molar-refractivity contribution in [1.29, 1.82) is 0 Å². The SMILES string of the molecule is CCOC(=O)[C@@H]1CCCN(C(=O)c2cc(S(=O)(=O)N3CCCCC3)ccc2C)C1. The van der Waals surface area contributed by atoms with Gasteiger partial charge in [0.2, 0.25) is 10.0 Å². The Morgan fingerprint density at radius 1 is 1.10 bits per heavy atom. The largest absolute Gasteiger partial charge is 0.466 e. The van der Waals surface area contributed by atoms with E-state index in [1.54, 1.807) is 30.9 Å². The predicted molar refractivity (Wildman–Crippen MR) is 109 cm³/mol. The second-order valence-electron chi connectivity index (χ2n) is 7.78. The topological polar surface area (TPSA) is 84.0 Å². The second-order valence-corrected chi connectivity index (χ2v) is 9.72. The van der Waals surface area contributed by atoms with Crippen molar-refractivity contribution < 1.29 is 22.7 Å². The number of piperidine rings is 2. The molecule has 1 aromatic rings. The summed E-state index contributed by atoms with van der Waals surface area (Å²) in [6, 6.07) is 4.76. The van der Waals surface area contributed by atoms with Crippen molar-refractivity contribution in [3.8, 4) is 0 Å². The Labute approximate surface area is 173 Å². The number of benzene rings is 1. The van der Waals surface area contributed by atoms with Gasteiger partial charge < -0.3 is 9.64 Å². The predicted octanol–water partition coefficient (Wildman–Crippen LogP) is 2.58.